The quantitative estimate of drug-likeness (QED) is 0.548. The van der Waals surface area contributed by atoms with Gasteiger partial charge in [0, 0.05) is 55.5 Å². The van der Waals surface area contributed by atoms with Gasteiger partial charge in [0.25, 0.3) is 0 Å². The van der Waals surface area contributed by atoms with Crippen molar-refractivity contribution < 1.29 is 4.79 Å². The molecule has 3 heterocycles. The van der Waals surface area contributed by atoms with E-state index in [0.29, 0.717) is 6.54 Å². The molecule has 1 atom stereocenters. The second-order valence-corrected chi connectivity index (χ2v) is 9.61. The van der Waals surface area contributed by atoms with Gasteiger partial charge in [-0.1, -0.05) is 48.0 Å². The molecule has 2 aliphatic heterocycles. The number of anilines is 2. The predicted molar refractivity (Wildman–Crippen MR) is 137 cm³/mol. The lowest BCUT2D eigenvalue weighted by atomic mass is 9.96. The monoisotopic (exact) mass is 475 g/mol. The lowest BCUT2D eigenvalue weighted by molar-refractivity contribution is -0.136. The molecule has 0 radical (unpaired) electrons. The van der Waals surface area contributed by atoms with Gasteiger partial charge in [0.2, 0.25) is 5.91 Å². The Kier molecular flexibility index (Phi) is 6.68. The second-order valence-electron chi connectivity index (χ2n) is 9.17. The van der Waals surface area contributed by atoms with Crippen LogP contribution in [0.5, 0.6) is 0 Å². The molecule has 1 amide bonds. The first kappa shape index (κ1) is 22.7. The molecule has 0 spiro atoms. The highest BCUT2D eigenvalue weighted by Crippen LogP contribution is 2.27. The van der Waals surface area contributed by atoms with E-state index in [1.165, 1.54) is 11.3 Å². The first-order chi connectivity index (χ1) is 16.6. The molecule has 176 valence electrons. The van der Waals surface area contributed by atoms with Crippen LogP contribution in [0.4, 0.5) is 11.5 Å². The molecule has 5 rings (SSSR count). The van der Waals surface area contributed by atoms with Gasteiger partial charge in [-0.15, -0.1) is 10.2 Å². The van der Waals surface area contributed by atoms with Crippen LogP contribution in [-0.4, -0.2) is 60.3 Å². The average Bonchev–Trinajstić information content (AvgIpc) is 2.90. The molecule has 1 aromatic heterocycles. The lowest BCUT2D eigenvalue weighted by Gasteiger charge is -2.40. The normalized spacial score (nSPS) is 18.8. The fraction of sp³-hybridized carbons (Fsp3) is 0.370. The van der Waals surface area contributed by atoms with Crippen LogP contribution in [0.1, 0.15) is 18.4 Å². The van der Waals surface area contributed by atoms with Crippen molar-refractivity contribution >= 4 is 29.0 Å². The molecule has 34 heavy (non-hydrogen) atoms. The number of piperidine rings is 1. The molecule has 0 bridgehead atoms. The molecule has 0 saturated carbocycles. The number of carbonyl (C=O) groups is 1. The first-order valence-corrected chi connectivity index (χ1v) is 12.4. The summed E-state index contributed by atoms with van der Waals surface area (Å²) in [7, 11) is 0. The van der Waals surface area contributed by atoms with Crippen LogP contribution in [0.25, 0.3) is 11.3 Å². The number of aromatic nitrogens is 2. The van der Waals surface area contributed by atoms with Gasteiger partial charge < -0.3 is 14.7 Å². The van der Waals surface area contributed by atoms with E-state index < -0.39 is 0 Å². The minimum atomic E-state index is 0.00352. The van der Waals surface area contributed by atoms with Gasteiger partial charge in [-0.2, -0.15) is 0 Å². The van der Waals surface area contributed by atoms with Crippen molar-refractivity contribution in [3.05, 3.63) is 71.2 Å². The van der Waals surface area contributed by atoms with Gasteiger partial charge in [0.15, 0.2) is 5.82 Å². The van der Waals surface area contributed by atoms with Gasteiger partial charge in [-0.3, -0.25) is 4.79 Å². The zero-order chi connectivity index (χ0) is 23.5. The Hall–Kier alpha value is -3.12. The standard InChI is InChI=1S/C27H30ClN5O/c1-20-9-10-23(28)18-25(20)31-14-16-32(17-15-31)27(34)22-8-5-13-33(19-22)26-12-11-24(29-30-26)21-6-3-2-4-7-21/h2-4,6-7,9-12,18,22H,5,8,13-17,19H2,1H3. The van der Waals surface area contributed by atoms with Crippen molar-refractivity contribution in [1.82, 2.24) is 15.1 Å². The summed E-state index contributed by atoms with van der Waals surface area (Å²) in [5, 5.41) is 9.66. The van der Waals surface area contributed by atoms with Crippen LogP contribution >= 0.6 is 11.6 Å². The first-order valence-electron chi connectivity index (χ1n) is 12.0. The van der Waals surface area contributed by atoms with Crippen molar-refractivity contribution in [2.24, 2.45) is 5.92 Å². The maximum absolute atomic E-state index is 13.4. The number of carbonyl (C=O) groups excluding carboxylic acids is 1. The Labute approximate surface area is 206 Å². The largest absolute Gasteiger partial charge is 0.368 e. The zero-order valence-corrected chi connectivity index (χ0v) is 20.3. The SMILES string of the molecule is Cc1ccc(Cl)cc1N1CCN(C(=O)C2CCCN(c3ccc(-c4ccccc4)nn3)C2)CC1. The molecule has 2 saturated heterocycles. The highest BCUT2D eigenvalue weighted by molar-refractivity contribution is 6.30. The summed E-state index contributed by atoms with van der Waals surface area (Å²) in [4.78, 5) is 19.9. The summed E-state index contributed by atoms with van der Waals surface area (Å²) in [5.41, 5.74) is 4.30. The topological polar surface area (TPSA) is 52.6 Å². The molecular weight excluding hydrogens is 446 g/mol. The molecule has 2 aliphatic rings. The van der Waals surface area contributed by atoms with E-state index in [1.807, 2.05) is 59.5 Å². The third-order valence-electron chi connectivity index (χ3n) is 6.92. The Bertz CT molecular complexity index is 1130. The van der Waals surface area contributed by atoms with Crippen molar-refractivity contribution in [3.63, 3.8) is 0 Å². The van der Waals surface area contributed by atoms with E-state index in [4.69, 9.17) is 11.6 Å². The van der Waals surface area contributed by atoms with Crippen molar-refractivity contribution in [2.45, 2.75) is 19.8 Å². The highest BCUT2D eigenvalue weighted by atomic mass is 35.5. The van der Waals surface area contributed by atoms with Crippen LogP contribution in [-0.2, 0) is 4.79 Å². The molecule has 0 aliphatic carbocycles. The number of hydrogen-bond acceptors (Lipinski definition) is 5. The van der Waals surface area contributed by atoms with Gasteiger partial charge >= 0.3 is 0 Å². The lowest BCUT2D eigenvalue weighted by Crippen LogP contribution is -2.52. The Morgan fingerprint density at radius 1 is 0.912 bits per heavy atom. The third-order valence-corrected chi connectivity index (χ3v) is 7.15. The molecule has 0 N–H and O–H groups in total. The van der Waals surface area contributed by atoms with E-state index in [-0.39, 0.29) is 11.8 Å². The number of amides is 1. The van der Waals surface area contributed by atoms with Crippen LogP contribution in [0.15, 0.2) is 60.7 Å². The zero-order valence-electron chi connectivity index (χ0n) is 19.5. The highest BCUT2D eigenvalue weighted by Gasteiger charge is 2.32. The molecule has 3 aromatic rings. The van der Waals surface area contributed by atoms with Gasteiger partial charge in [0.05, 0.1) is 11.6 Å². The Balaban J connectivity index is 1.20. The van der Waals surface area contributed by atoms with Crippen molar-refractivity contribution in [2.75, 3.05) is 49.1 Å². The van der Waals surface area contributed by atoms with Crippen LogP contribution in [0.3, 0.4) is 0 Å². The Morgan fingerprint density at radius 2 is 1.71 bits per heavy atom. The molecular formula is C27H30ClN5O. The van der Waals surface area contributed by atoms with E-state index >= 15 is 0 Å². The summed E-state index contributed by atoms with van der Waals surface area (Å²) in [6.45, 7) is 6.86. The molecule has 2 fully saturated rings. The number of hydrogen-bond donors (Lipinski definition) is 0. The molecule has 2 aromatic carbocycles. The van der Waals surface area contributed by atoms with Crippen LogP contribution in [0, 0.1) is 12.8 Å². The van der Waals surface area contributed by atoms with E-state index in [9.17, 15) is 4.79 Å². The third kappa shape index (κ3) is 4.87. The van der Waals surface area contributed by atoms with E-state index in [2.05, 4.69) is 33.0 Å². The number of benzene rings is 2. The molecule has 1 unspecified atom stereocenters. The average molecular weight is 476 g/mol. The maximum Gasteiger partial charge on any atom is 0.227 e. The molecule has 7 heteroatoms. The summed E-state index contributed by atoms with van der Waals surface area (Å²) < 4.78 is 0. The van der Waals surface area contributed by atoms with Crippen LogP contribution < -0.4 is 9.80 Å². The van der Waals surface area contributed by atoms with E-state index in [0.717, 1.165) is 67.7 Å². The predicted octanol–water partition coefficient (Wildman–Crippen LogP) is 4.67. The minimum Gasteiger partial charge on any atom is -0.368 e. The fourth-order valence-corrected chi connectivity index (χ4v) is 5.16. The summed E-state index contributed by atoms with van der Waals surface area (Å²) >= 11 is 6.22. The number of rotatable bonds is 4. The summed E-state index contributed by atoms with van der Waals surface area (Å²) in [6.07, 6.45) is 1.92. The van der Waals surface area contributed by atoms with E-state index in [1.54, 1.807) is 0 Å². The Morgan fingerprint density at radius 3 is 2.44 bits per heavy atom. The van der Waals surface area contributed by atoms with Crippen molar-refractivity contribution in [1.29, 1.82) is 0 Å². The summed E-state index contributed by atoms with van der Waals surface area (Å²) in [6, 6.07) is 20.1. The van der Waals surface area contributed by atoms with Crippen molar-refractivity contribution in [3.8, 4) is 11.3 Å². The fourth-order valence-electron chi connectivity index (χ4n) is 4.99. The van der Waals surface area contributed by atoms with Crippen LogP contribution in [0.2, 0.25) is 5.02 Å². The second kappa shape index (κ2) is 10.0. The summed E-state index contributed by atoms with van der Waals surface area (Å²) in [5.74, 6) is 1.11. The smallest absolute Gasteiger partial charge is 0.227 e. The number of piperazine rings is 1. The van der Waals surface area contributed by atoms with Gasteiger partial charge in [-0.25, -0.2) is 0 Å². The number of nitrogens with zero attached hydrogens (tertiary/aromatic N) is 5. The van der Waals surface area contributed by atoms with Gasteiger partial charge in [-0.05, 0) is 49.6 Å². The van der Waals surface area contributed by atoms with Gasteiger partial charge in [0.1, 0.15) is 0 Å². The molecule has 6 nitrogen and oxygen atoms in total. The number of halogens is 1. The maximum atomic E-state index is 13.4. The minimum absolute atomic E-state index is 0.00352. The number of aryl methyl sites for hydroxylation is 1.